The lowest BCUT2D eigenvalue weighted by atomic mass is 10.2. The van der Waals surface area contributed by atoms with Gasteiger partial charge in [0, 0.05) is 26.0 Å². The molecule has 0 unspecified atom stereocenters. The Morgan fingerprint density at radius 3 is 2.39 bits per heavy atom. The molecule has 0 saturated heterocycles. The first kappa shape index (κ1) is 23.1. The number of rotatable bonds is 13. The van der Waals surface area contributed by atoms with Gasteiger partial charge in [-0.1, -0.05) is 13.0 Å². The lowest BCUT2D eigenvalue weighted by Crippen LogP contribution is -2.34. The van der Waals surface area contributed by atoms with Crippen LogP contribution >= 0.6 is 0 Å². The number of aryl methyl sites for hydroxylation is 1. The number of hydrogen-bond acceptors (Lipinski definition) is 10. The summed E-state index contributed by atoms with van der Waals surface area (Å²) in [5.74, 6) is 0.532. The molecule has 196 valence electrons. The fourth-order valence-electron chi connectivity index (χ4n) is 3.42. The second kappa shape index (κ2) is 12.1. The zero-order valence-corrected chi connectivity index (χ0v) is 21.6. The van der Waals surface area contributed by atoms with Crippen molar-refractivity contribution in [1.82, 2.24) is 24.7 Å². The Balaban J connectivity index is 2.08. The molecule has 0 saturated carbocycles. The van der Waals surface area contributed by atoms with Crippen molar-refractivity contribution in [3.63, 3.8) is 0 Å². The van der Waals surface area contributed by atoms with Crippen LogP contribution < -0.4 is 14.2 Å². The van der Waals surface area contributed by atoms with Gasteiger partial charge in [0.15, 0.2) is 11.6 Å². The Morgan fingerprint density at radius 1 is 1.14 bits per heavy atom. The normalized spacial score (nSPS) is 14.9. The molecular formula is C23H32N6O6S. The summed E-state index contributed by atoms with van der Waals surface area (Å²) in [6.07, 6.45) is 2.83. The number of benzene rings is 1. The molecule has 3 aromatic rings. The molecule has 3 rings (SSSR count). The number of nitrogens with zero attached hydrogens (tertiary/aromatic N) is 5. The molecule has 2 heterocycles. The minimum absolute atomic E-state index is 0.0140. The average Bonchev–Trinajstić information content (AvgIpc) is 3.28. The summed E-state index contributed by atoms with van der Waals surface area (Å²) in [6, 6.07) is 4.92. The molecule has 0 aliphatic rings. The van der Waals surface area contributed by atoms with E-state index in [0.29, 0.717) is 6.42 Å². The molecule has 12 nitrogen and oxygen atoms in total. The molecule has 0 aliphatic carbocycles. The summed E-state index contributed by atoms with van der Waals surface area (Å²) in [7, 11) is -4.10. The summed E-state index contributed by atoms with van der Waals surface area (Å²) < 4.78 is 75.0. The van der Waals surface area contributed by atoms with Gasteiger partial charge in [0.05, 0.1) is 18.3 Å². The molecule has 2 aromatic heterocycles. The first-order chi connectivity index (χ1) is 18.4. The van der Waals surface area contributed by atoms with Crippen LogP contribution in [0.2, 0.25) is 0 Å². The van der Waals surface area contributed by atoms with E-state index in [1.165, 1.54) is 25.7 Å². The van der Waals surface area contributed by atoms with Crippen molar-refractivity contribution in [3.8, 4) is 17.2 Å². The number of aromatic nitrogens is 5. The topological polar surface area (TPSA) is 140 Å². The van der Waals surface area contributed by atoms with Crippen molar-refractivity contribution in [1.29, 1.82) is 0 Å². The molecule has 13 heteroatoms. The molecule has 0 aliphatic heterocycles. The van der Waals surface area contributed by atoms with E-state index < -0.39 is 35.0 Å². The van der Waals surface area contributed by atoms with Crippen molar-refractivity contribution >= 4 is 16.0 Å². The molecule has 0 fully saturated rings. The third-order valence-corrected chi connectivity index (χ3v) is 6.96. The lowest BCUT2D eigenvalue weighted by Gasteiger charge is -2.24. The molecule has 36 heavy (non-hydrogen) atoms. The number of para-hydroxylation sites is 1. The number of ether oxygens (including phenoxy) is 4. The summed E-state index contributed by atoms with van der Waals surface area (Å²) in [6.45, 7) is 4.96. The highest BCUT2D eigenvalue weighted by molar-refractivity contribution is 7.93. The zero-order chi connectivity index (χ0) is 28.8. The van der Waals surface area contributed by atoms with Gasteiger partial charge >= 0.3 is 0 Å². The highest BCUT2D eigenvalue weighted by Gasteiger charge is 2.35. The highest BCUT2D eigenvalue weighted by atomic mass is 32.2. The van der Waals surface area contributed by atoms with Crippen LogP contribution in [-0.4, -0.2) is 66.3 Å². The highest BCUT2D eigenvalue weighted by Crippen LogP contribution is 2.36. The van der Waals surface area contributed by atoms with E-state index in [1.807, 2.05) is 13.8 Å². The van der Waals surface area contributed by atoms with Crippen LogP contribution in [0.15, 0.2) is 30.6 Å². The predicted octanol–water partition coefficient (Wildman–Crippen LogP) is 2.83. The Labute approximate surface area is 215 Å². The molecule has 2 atom stereocenters. The molecule has 1 aromatic carbocycles. The van der Waals surface area contributed by atoms with E-state index in [9.17, 15) is 8.42 Å². The molecule has 0 radical (unpaired) electrons. The van der Waals surface area contributed by atoms with Crippen LogP contribution in [0.1, 0.15) is 47.7 Å². The molecule has 1 N–H and O–H groups in total. The Bertz CT molecular complexity index is 1330. The maximum absolute atomic E-state index is 13.7. The molecule has 0 amide bonds. The number of sulfonamides is 1. The van der Waals surface area contributed by atoms with Gasteiger partial charge in [-0.05, 0) is 38.0 Å². The molecule has 0 bridgehead atoms. The number of methoxy groups -OCH3 is 3. The largest absolute Gasteiger partial charge is 0.494 e. The van der Waals surface area contributed by atoms with E-state index >= 15 is 0 Å². The number of anilines is 1. The lowest BCUT2D eigenvalue weighted by molar-refractivity contribution is 0.0466. The van der Waals surface area contributed by atoms with Gasteiger partial charge < -0.3 is 18.9 Å². The van der Waals surface area contributed by atoms with Crippen LogP contribution in [-0.2, 0) is 26.1 Å². The summed E-state index contributed by atoms with van der Waals surface area (Å²) in [5, 5.41) is 6.82. The molecular weight excluding hydrogens is 488 g/mol. The third kappa shape index (κ3) is 5.91. The number of hydrogen-bond donors (Lipinski definition) is 1. The standard InChI is InChI=1S/C23H32N6O6S/c1-7-11-35-21(22-24-12-15(2)13-25-22)16(3)36(30,31)28-23-27-26-19(14-32-4)29(23)20-17(33-5)9-8-10-18(20)34-6/h8-10,12-13,16,21H,7,11,14H2,1-6H3,(H,27,28)/t16-,21+/m0/s1/i4D3. The van der Waals surface area contributed by atoms with Crippen molar-refractivity contribution < 1.29 is 31.5 Å². The Hall–Kier alpha value is -3.29. The van der Waals surface area contributed by atoms with Gasteiger partial charge in [0.1, 0.15) is 35.1 Å². The van der Waals surface area contributed by atoms with E-state index in [0.717, 1.165) is 5.56 Å². The minimum Gasteiger partial charge on any atom is -0.494 e. The monoisotopic (exact) mass is 523 g/mol. The smallest absolute Gasteiger partial charge is 0.243 e. The van der Waals surface area contributed by atoms with Crippen molar-refractivity contribution in [2.45, 2.75) is 45.2 Å². The third-order valence-electron chi connectivity index (χ3n) is 5.26. The Morgan fingerprint density at radius 2 is 1.81 bits per heavy atom. The van der Waals surface area contributed by atoms with Crippen LogP contribution in [0.4, 0.5) is 5.95 Å². The summed E-state index contributed by atoms with van der Waals surface area (Å²) in [4.78, 5) is 8.54. The maximum Gasteiger partial charge on any atom is 0.243 e. The van der Waals surface area contributed by atoms with Gasteiger partial charge in [-0.15, -0.1) is 10.2 Å². The van der Waals surface area contributed by atoms with Gasteiger partial charge in [-0.2, -0.15) is 0 Å². The number of nitrogens with one attached hydrogen (secondary N) is 1. The van der Waals surface area contributed by atoms with Crippen LogP contribution in [0.3, 0.4) is 0 Å². The van der Waals surface area contributed by atoms with Gasteiger partial charge in [-0.3, -0.25) is 9.29 Å². The first-order valence-corrected chi connectivity index (χ1v) is 12.7. The van der Waals surface area contributed by atoms with E-state index in [2.05, 4.69) is 24.9 Å². The predicted molar refractivity (Wildman–Crippen MR) is 133 cm³/mol. The molecule has 0 spiro atoms. The average molecular weight is 524 g/mol. The van der Waals surface area contributed by atoms with E-state index in [-0.39, 0.29) is 41.4 Å². The van der Waals surface area contributed by atoms with E-state index in [1.54, 1.807) is 30.6 Å². The fraction of sp³-hybridized carbons (Fsp3) is 0.478. The SMILES string of the molecule is [2H]C([2H])([2H])OCc1nnc(NS(=O)(=O)[C@@H](C)[C@@H](OCCC)c2ncc(C)cn2)n1-c1c(OC)cccc1OC. The first-order valence-electron chi connectivity index (χ1n) is 12.6. The van der Waals surface area contributed by atoms with Crippen molar-refractivity contribution in [3.05, 3.63) is 47.8 Å². The minimum atomic E-state index is -4.21. The fourth-order valence-corrected chi connectivity index (χ4v) is 4.52. The van der Waals surface area contributed by atoms with Gasteiger partial charge in [0.2, 0.25) is 16.0 Å². The second-order valence-electron chi connectivity index (χ2n) is 7.84. The van der Waals surface area contributed by atoms with Gasteiger partial charge in [-0.25, -0.2) is 18.4 Å². The van der Waals surface area contributed by atoms with E-state index in [4.69, 9.17) is 23.1 Å². The Kier molecular flexibility index (Phi) is 7.78. The van der Waals surface area contributed by atoms with Crippen LogP contribution in [0.25, 0.3) is 5.69 Å². The van der Waals surface area contributed by atoms with Crippen LogP contribution in [0.5, 0.6) is 11.5 Å². The maximum atomic E-state index is 13.7. The summed E-state index contributed by atoms with van der Waals surface area (Å²) in [5.41, 5.74) is 1.05. The van der Waals surface area contributed by atoms with Gasteiger partial charge in [0.25, 0.3) is 0 Å². The van der Waals surface area contributed by atoms with Crippen molar-refractivity contribution in [2.75, 3.05) is 32.6 Å². The van der Waals surface area contributed by atoms with Crippen LogP contribution in [0, 0.1) is 6.92 Å². The quantitative estimate of drug-likeness (QED) is 0.356. The zero-order valence-electron chi connectivity index (χ0n) is 23.8. The second-order valence-corrected chi connectivity index (χ2v) is 9.87. The summed E-state index contributed by atoms with van der Waals surface area (Å²) >= 11 is 0. The van der Waals surface area contributed by atoms with Crippen molar-refractivity contribution in [2.24, 2.45) is 0 Å².